The first kappa shape index (κ1) is 17.5. The van der Waals surface area contributed by atoms with Crippen LogP contribution in [0.1, 0.15) is 36.2 Å². The van der Waals surface area contributed by atoms with Crippen LogP contribution in [0, 0.1) is 0 Å². The van der Waals surface area contributed by atoms with Gasteiger partial charge in [0.15, 0.2) is 0 Å². The Labute approximate surface area is 153 Å². The number of nitrogens with zero attached hydrogens (tertiary/aromatic N) is 2. The van der Waals surface area contributed by atoms with E-state index < -0.39 is 0 Å². The third-order valence-corrected chi connectivity index (χ3v) is 4.55. The van der Waals surface area contributed by atoms with Crippen LogP contribution >= 0.6 is 11.6 Å². The summed E-state index contributed by atoms with van der Waals surface area (Å²) in [5.41, 5.74) is 2.00. The van der Waals surface area contributed by atoms with Crippen molar-refractivity contribution in [1.29, 1.82) is 0 Å². The van der Waals surface area contributed by atoms with E-state index in [0.717, 1.165) is 37.3 Å². The minimum absolute atomic E-state index is 0.00814. The van der Waals surface area contributed by atoms with Crippen molar-refractivity contribution >= 4 is 28.9 Å². The number of amides is 1. The van der Waals surface area contributed by atoms with Gasteiger partial charge < -0.3 is 15.0 Å². The van der Waals surface area contributed by atoms with Crippen LogP contribution in [0.2, 0.25) is 5.02 Å². The van der Waals surface area contributed by atoms with Crippen molar-refractivity contribution < 1.29 is 9.53 Å². The molecule has 1 saturated heterocycles. The van der Waals surface area contributed by atoms with Gasteiger partial charge in [0.25, 0.3) is 5.91 Å². The summed E-state index contributed by atoms with van der Waals surface area (Å²) in [6.45, 7) is 1.64. The lowest BCUT2D eigenvalue weighted by Crippen LogP contribution is -2.32. The molecule has 0 bridgehead atoms. The van der Waals surface area contributed by atoms with Gasteiger partial charge in [-0.25, -0.2) is 4.98 Å². The van der Waals surface area contributed by atoms with Gasteiger partial charge in [-0.15, -0.1) is 0 Å². The van der Waals surface area contributed by atoms with Crippen molar-refractivity contribution in [2.45, 2.75) is 25.7 Å². The molecule has 6 heteroatoms. The monoisotopic (exact) mass is 359 g/mol. The summed E-state index contributed by atoms with van der Waals surface area (Å²) in [6.07, 6.45) is 6.19. The van der Waals surface area contributed by atoms with E-state index in [-0.39, 0.29) is 5.91 Å². The SMILES string of the molecule is COc1ccc(Cl)cc1Nc1ccc(C(=O)N2CCCCCC2)nc1. The maximum absolute atomic E-state index is 12.6. The first-order valence-corrected chi connectivity index (χ1v) is 8.91. The molecule has 0 saturated carbocycles. The first-order valence-electron chi connectivity index (χ1n) is 8.53. The zero-order valence-electron chi connectivity index (χ0n) is 14.3. The van der Waals surface area contributed by atoms with Gasteiger partial charge in [0.1, 0.15) is 11.4 Å². The number of methoxy groups -OCH3 is 1. The fourth-order valence-corrected chi connectivity index (χ4v) is 3.14. The number of hydrogen-bond acceptors (Lipinski definition) is 4. The Morgan fingerprint density at radius 1 is 1.16 bits per heavy atom. The van der Waals surface area contributed by atoms with Crippen LogP contribution in [-0.4, -0.2) is 36.0 Å². The number of pyridine rings is 1. The molecule has 2 heterocycles. The van der Waals surface area contributed by atoms with E-state index in [0.29, 0.717) is 16.5 Å². The smallest absolute Gasteiger partial charge is 0.272 e. The maximum Gasteiger partial charge on any atom is 0.272 e. The van der Waals surface area contributed by atoms with Gasteiger partial charge in [-0.1, -0.05) is 24.4 Å². The molecule has 1 N–H and O–H groups in total. The Morgan fingerprint density at radius 3 is 2.56 bits per heavy atom. The lowest BCUT2D eigenvalue weighted by molar-refractivity contribution is 0.0756. The average molecular weight is 360 g/mol. The van der Waals surface area contributed by atoms with Gasteiger partial charge in [0.2, 0.25) is 0 Å². The Balaban J connectivity index is 1.72. The second kappa shape index (κ2) is 8.21. The molecule has 2 aromatic rings. The fourth-order valence-electron chi connectivity index (χ4n) is 2.96. The molecule has 1 aromatic heterocycles. The summed E-state index contributed by atoms with van der Waals surface area (Å²) in [6, 6.07) is 8.96. The van der Waals surface area contributed by atoms with Crippen LogP contribution in [0.25, 0.3) is 0 Å². The number of benzene rings is 1. The van der Waals surface area contributed by atoms with Gasteiger partial charge in [0.05, 0.1) is 24.7 Å². The molecular weight excluding hydrogens is 338 g/mol. The Morgan fingerprint density at radius 2 is 1.92 bits per heavy atom. The third-order valence-electron chi connectivity index (χ3n) is 4.32. The van der Waals surface area contributed by atoms with Gasteiger partial charge in [-0.2, -0.15) is 0 Å². The van der Waals surface area contributed by atoms with Crippen LogP contribution in [-0.2, 0) is 0 Å². The van der Waals surface area contributed by atoms with Crippen LogP contribution in [0.15, 0.2) is 36.5 Å². The maximum atomic E-state index is 12.6. The Hall–Kier alpha value is -2.27. The topological polar surface area (TPSA) is 54.5 Å². The number of carbonyl (C=O) groups excluding carboxylic acids is 1. The zero-order chi connectivity index (χ0) is 17.6. The molecule has 3 rings (SSSR count). The van der Waals surface area contributed by atoms with Gasteiger partial charge in [-0.3, -0.25) is 4.79 Å². The largest absolute Gasteiger partial charge is 0.495 e. The van der Waals surface area contributed by atoms with Crippen LogP contribution in [0.3, 0.4) is 0 Å². The van der Waals surface area contributed by atoms with E-state index in [1.54, 1.807) is 37.6 Å². The summed E-state index contributed by atoms with van der Waals surface area (Å²) in [5.74, 6) is 0.697. The Kier molecular flexibility index (Phi) is 5.76. The second-order valence-electron chi connectivity index (χ2n) is 6.11. The molecular formula is C19H22ClN3O2. The Bertz CT molecular complexity index is 726. The summed E-state index contributed by atoms with van der Waals surface area (Å²) < 4.78 is 5.32. The van der Waals surface area contributed by atoms with E-state index in [1.165, 1.54) is 12.8 Å². The molecule has 0 unspecified atom stereocenters. The molecule has 132 valence electrons. The van der Waals surface area contributed by atoms with Crippen molar-refractivity contribution in [1.82, 2.24) is 9.88 Å². The summed E-state index contributed by atoms with van der Waals surface area (Å²) >= 11 is 6.04. The summed E-state index contributed by atoms with van der Waals surface area (Å²) in [7, 11) is 1.61. The van der Waals surface area contributed by atoms with Crippen molar-refractivity contribution in [3.05, 3.63) is 47.2 Å². The van der Waals surface area contributed by atoms with Crippen LogP contribution < -0.4 is 10.1 Å². The van der Waals surface area contributed by atoms with Crippen molar-refractivity contribution in [3.8, 4) is 5.75 Å². The lowest BCUT2D eigenvalue weighted by Gasteiger charge is -2.19. The van der Waals surface area contributed by atoms with Gasteiger partial charge >= 0.3 is 0 Å². The first-order chi connectivity index (χ1) is 12.2. The van der Waals surface area contributed by atoms with E-state index >= 15 is 0 Å². The average Bonchev–Trinajstić information content (AvgIpc) is 2.91. The molecule has 0 atom stereocenters. The number of ether oxygens (including phenoxy) is 1. The minimum Gasteiger partial charge on any atom is -0.495 e. The molecule has 1 fully saturated rings. The van der Waals surface area contributed by atoms with Gasteiger partial charge in [0, 0.05) is 18.1 Å². The molecule has 0 radical (unpaired) electrons. The highest BCUT2D eigenvalue weighted by molar-refractivity contribution is 6.31. The second-order valence-corrected chi connectivity index (χ2v) is 6.54. The van der Waals surface area contributed by atoms with E-state index in [9.17, 15) is 4.79 Å². The predicted molar refractivity (Wildman–Crippen MR) is 99.9 cm³/mol. The molecule has 1 aliphatic heterocycles. The highest BCUT2D eigenvalue weighted by Gasteiger charge is 2.18. The molecule has 1 aromatic carbocycles. The van der Waals surface area contributed by atoms with Crippen LogP contribution in [0.4, 0.5) is 11.4 Å². The number of nitrogens with one attached hydrogen (secondary N) is 1. The molecule has 0 aliphatic carbocycles. The summed E-state index contributed by atoms with van der Waals surface area (Å²) in [4.78, 5) is 18.8. The number of likely N-dealkylation sites (tertiary alicyclic amines) is 1. The molecule has 1 amide bonds. The highest BCUT2D eigenvalue weighted by atomic mass is 35.5. The number of hydrogen-bond donors (Lipinski definition) is 1. The van der Waals surface area contributed by atoms with Crippen molar-refractivity contribution in [3.63, 3.8) is 0 Å². The van der Waals surface area contributed by atoms with Crippen LogP contribution in [0.5, 0.6) is 5.75 Å². The van der Waals surface area contributed by atoms with Gasteiger partial charge in [-0.05, 0) is 43.2 Å². The van der Waals surface area contributed by atoms with Crippen molar-refractivity contribution in [2.24, 2.45) is 0 Å². The number of halogens is 1. The van der Waals surface area contributed by atoms with E-state index in [2.05, 4.69) is 10.3 Å². The number of anilines is 2. The number of aromatic nitrogens is 1. The van der Waals surface area contributed by atoms with E-state index in [4.69, 9.17) is 16.3 Å². The third kappa shape index (κ3) is 4.42. The predicted octanol–water partition coefficient (Wildman–Crippen LogP) is 4.50. The zero-order valence-corrected chi connectivity index (χ0v) is 15.1. The van der Waals surface area contributed by atoms with Crippen molar-refractivity contribution in [2.75, 3.05) is 25.5 Å². The highest BCUT2D eigenvalue weighted by Crippen LogP contribution is 2.30. The lowest BCUT2D eigenvalue weighted by atomic mass is 10.2. The molecule has 1 aliphatic rings. The van der Waals surface area contributed by atoms with E-state index in [1.807, 2.05) is 11.0 Å². The fraction of sp³-hybridized carbons (Fsp3) is 0.368. The normalized spacial score (nSPS) is 14.7. The number of carbonyl (C=O) groups is 1. The number of rotatable bonds is 4. The standard InChI is InChI=1S/C19H22ClN3O2/c1-25-18-9-6-14(20)12-17(18)22-15-7-8-16(21-13-15)19(24)23-10-4-2-3-5-11-23/h6-9,12-13,22H,2-5,10-11H2,1H3. The quantitative estimate of drug-likeness (QED) is 0.873. The molecule has 25 heavy (non-hydrogen) atoms. The summed E-state index contributed by atoms with van der Waals surface area (Å²) in [5, 5.41) is 3.84. The minimum atomic E-state index is 0.00814. The molecule has 5 nitrogen and oxygen atoms in total. The molecule has 0 spiro atoms.